The lowest BCUT2D eigenvalue weighted by Crippen LogP contribution is -2.20. The SMILES string of the molecule is N#Cc1cn[nH]c1NC(=O)Nc1ccc(C(F)(F)F)cc1. The number of carbonyl (C=O) groups is 1. The minimum Gasteiger partial charge on any atom is -0.308 e. The quantitative estimate of drug-likeness (QED) is 0.795. The molecule has 0 aliphatic carbocycles. The predicted octanol–water partition coefficient (Wildman–Crippen LogP) is 2.94. The number of amides is 2. The van der Waals surface area contributed by atoms with E-state index in [1.807, 2.05) is 6.07 Å². The number of nitrogens with zero attached hydrogens (tertiary/aromatic N) is 2. The highest BCUT2D eigenvalue weighted by Gasteiger charge is 2.29. The number of hydrogen-bond acceptors (Lipinski definition) is 3. The highest BCUT2D eigenvalue weighted by molar-refractivity contribution is 5.99. The first-order valence-electron chi connectivity index (χ1n) is 5.59. The topological polar surface area (TPSA) is 93.6 Å². The minimum atomic E-state index is -4.43. The van der Waals surface area contributed by atoms with Gasteiger partial charge in [0.15, 0.2) is 0 Å². The Labute approximate surface area is 116 Å². The molecular formula is C12H8F3N5O. The summed E-state index contributed by atoms with van der Waals surface area (Å²) in [7, 11) is 0. The molecule has 2 aromatic rings. The van der Waals surface area contributed by atoms with Gasteiger partial charge in [-0.2, -0.15) is 23.5 Å². The summed E-state index contributed by atoms with van der Waals surface area (Å²) in [5.74, 6) is 0.0990. The maximum Gasteiger partial charge on any atom is 0.416 e. The highest BCUT2D eigenvalue weighted by Crippen LogP contribution is 2.29. The van der Waals surface area contributed by atoms with E-state index in [0.29, 0.717) is 0 Å². The molecule has 2 amide bonds. The van der Waals surface area contributed by atoms with E-state index >= 15 is 0 Å². The molecule has 0 saturated carbocycles. The Morgan fingerprint density at radius 2 is 1.90 bits per heavy atom. The van der Waals surface area contributed by atoms with Crippen LogP contribution in [0.4, 0.5) is 29.5 Å². The number of aromatic amines is 1. The van der Waals surface area contributed by atoms with E-state index in [9.17, 15) is 18.0 Å². The lowest BCUT2D eigenvalue weighted by Gasteiger charge is -2.09. The number of alkyl halides is 3. The Balaban J connectivity index is 2.02. The molecule has 1 aromatic heterocycles. The lowest BCUT2D eigenvalue weighted by molar-refractivity contribution is -0.137. The van der Waals surface area contributed by atoms with Crippen molar-refractivity contribution in [3.05, 3.63) is 41.6 Å². The summed E-state index contributed by atoms with van der Waals surface area (Å²) in [4.78, 5) is 11.6. The number of nitriles is 1. The Kier molecular flexibility index (Phi) is 3.80. The normalized spacial score (nSPS) is 10.8. The van der Waals surface area contributed by atoms with Gasteiger partial charge in [-0.05, 0) is 24.3 Å². The van der Waals surface area contributed by atoms with Gasteiger partial charge < -0.3 is 5.32 Å². The Morgan fingerprint density at radius 1 is 1.24 bits per heavy atom. The summed E-state index contributed by atoms with van der Waals surface area (Å²) in [6, 6.07) is 5.05. The number of anilines is 2. The Bertz CT molecular complexity index is 684. The first-order chi connectivity index (χ1) is 9.90. The molecule has 108 valence electrons. The number of nitrogens with one attached hydrogen (secondary N) is 3. The zero-order chi connectivity index (χ0) is 15.5. The van der Waals surface area contributed by atoms with Gasteiger partial charge in [-0.15, -0.1) is 0 Å². The molecule has 0 fully saturated rings. The molecule has 0 radical (unpaired) electrons. The molecule has 21 heavy (non-hydrogen) atoms. The molecule has 3 N–H and O–H groups in total. The van der Waals surface area contributed by atoms with Crippen LogP contribution in [-0.2, 0) is 6.18 Å². The van der Waals surface area contributed by atoms with E-state index in [2.05, 4.69) is 20.8 Å². The van der Waals surface area contributed by atoms with Crippen molar-refractivity contribution in [1.29, 1.82) is 5.26 Å². The van der Waals surface area contributed by atoms with Gasteiger partial charge in [-0.25, -0.2) is 4.79 Å². The zero-order valence-electron chi connectivity index (χ0n) is 10.3. The van der Waals surface area contributed by atoms with Crippen LogP contribution in [0.15, 0.2) is 30.5 Å². The van der Waals surface area contributed by atoms with Crippen molar-refractivity contribution in [2.45, 2.75) is 6.18 Å². The molecule has 0 aliphatic rings. The van der Waals surface area contributed by atoms with Gasteiger partial charge in [0.2, 0.25) is 0 Å². The van der Waals surface area contributed by atoms with E-state index in [-0.39, 0.29) is 17.1 Å². The standard InChI is InChI=1S/C12H8F3N5O/c13-12(14,15)8-1-3-9(4-2-8)18-11(21)19-10-7(5-16)6-17-20-10/h1-4,6H,(H3,17,18,19,20,21). The second-order valence-corrected chi connectivity index (χ2v) is 3.92. The van der Waals surface area contributed by atoms with Crippen molar-refractivity contribution >= 4 is 17.5 Å². The third-order valence-corrected chi connectivity index (χ3v) is 2.47. The third kappa shape index (κ3) is 3.50. The fraction of sp³-hybridized carbons (Fsp3) is 0.0833. The van der Waals surface area contributed by atoms with Crippen molar-refractivity contribution < 1.29 is 18.0 Å². The first-order valence-corrected chi connectivity index (χ1v) is 5.59. The Morgan fingerprint density at radius 3 is 2.48 bits per heavy atom. The summed E-state index contributed by atoms with van der Waals surface area (Å²) < 4.78 is 37.1. The van der Waals surface area contributed by atoms with Crippen LogP contribution in [-0.4, -0.2) is 16.2 Å². The molecule has 0 atom stereocenters. The van der Waals surface area contributed by atoms with E-state index in [1.54, 1.807) is 0 Å². The smallest absolute Gasteiger partial charge is 0.308 e. The zero-order valence-corrected chi connectivity index (χ0v) is 10.3. The molecule has 0 aliphatic heterocycles. The van der Waals surface area contributed by atoms with Gasteiger partial charge >= 0.3 is 12.2 Å². The van der Waals surface area contributed by atoms with Gasteiger partial charge in [0.1, 0.15) is 17.5 Å². The number of urea groups is 1. The average Bonchev–Trinajstić information content (AvgIpc) is 2.85. The second kappa shape index (κ2) is 5.54. The fourth-order valence-electron chi connectivity index (χ4n) is 1.48. The molecule has 9 heteroatoms. The van der Waals surface area contributed by atoms with Gasteiger partial charge in [-0.3, -0.25) is 10.4 Å². The number of aromatic nitrogens is 2. The number of carbonyl (C=O) groups excluding carboxylic acids is 1. The van der Waals surface area contributed by atoms with Crippen LogP contribution in [0.5, 0.6) is 0 Å². The third-order valence-electron chi connectivity index (χ3n) is 2.47. The summed E-state index contributed by atoms with van der Waals surface area (Å²) in [5, 5.41) is 19.4. The van der Waals surface area contributed by atoms with Gasteiger partial charge in [0, 0.05) is 5.69 Å². The molecule has 0 spiro atoms. The van der Waals surface area contributed by atoms with Gasteiger partial charge in [0.25, 0.3) is 0 Å². The molecule has 0 unspecified atom stereocenters. The largest absolute Gasteiger partial charge is 0.416 e. The molecule has 6 nitrogen and oxygen atoms in total. The first kappa shape index (κ1) is 14.4. The predicted molar refractivity (Wildman–Crippen MR) is 67.4 cm³/mol. The summed E-state index contributed by atoms with van der Waals surface area (Å²) in [6.45, 7) is 0. The van der Waals surface area contributed by atoms with E-state index in [1.165, 1.54) is 6.20 Å². The molecule has 0 bridgehead atoms. The van der Waals surface area contributed by atoms with Crippen molar-refractivity contribution in [2.75, 3.05) is 10.6 Å². The van der Waals surface area contributed by atoms with Gasteiger partial charge in [-0.1, -0.05) is 0 Å². The summed E-state index contributed by atoms with van der Waals surface area (Å²) in [6.07, 6.45) is -3.20. The number of H-pyrrole nitrogens is 1. The molecule has 2 rings (SSSR count). The maximum atomic E-state index is 12.4. The lowest BCUT2D eigenvalue weighted by atomic mass is 10.2. The van der Waals surface area contributed by atoms with E-state index in [4.69, 9.17) is 5.26 Å². The van der Waals surface area contributed by atoms with Crippen LogP contribution < -0.4 is 10.6 Å². The van der Waals surface area contributed by atoms with Gasteiger partial charge in [0.05, 0.1) is 11.8 Å². The van der Waals surface area contributed by atoms with Crippen LogP contribution in [0.2, 0.25) is 0 Å². The molecule has 1 aromatic carbocycles. The fourth-order valence-corrected chi connectivity index (χ4v) is 1.48. The second-order valence-electron chi connectivity index (χ2n) is 3.92. The monoisotopic (exact) mass is 295 g/mol. The van der Waals surface area contributed by atoms with E-state index < -0.39 is 17.8 Å². The van der Waals surface area contributed by atoms with Crippen LogP contribution in [0.25, 0.3) is 0 Å². The number of benzene rings is 1. The van der Waals surface area contributed by atoms with Crippen LogP contribution >= 0.6 is 0 Å². The average molecular weight is 295 g/mol. The van der Waals surface area contributed by atoms with Crippen molar-refractivity contribution in [3.63, 3.8) is 0 Å². The van der Waals surface area contributed by atoms with E-state index in [0.717, 1.165) is 24.3 Å². The van der Waals surface area contributed by atoms with Crippen molar-refractivity contribution in [3.8, 4) is 6.07 Å². The van der Waals surface area contributed by atoms with Crippen molar-refractivity contribution in [2.24, 2.45) is 0 Å². The van der Waals surface area contributed by atoms with Crippen LogP contribution in [0, 0.1) is 11.3 Å². The van der Waals surface area contributed by atoms with Crippen molar-refractivity contribution in [1.82, 2.24) is 10.2 Å². The maximum absolute atomic E-state index is 12.4. The summed E-state index contributed by atoms with van der Waals surface area (Å²) >= 11 is 0. The number of halogens is 3. The highest BCUT2D eigenvalue weighted by atomic mass is 19.4. The number of rotatable bonds is 2. The summed E-state index contributed by atoms with van der Waals surface area (Å²) in [5.41, 5.74) is -0.495. The molecular weight excluding hydrogens is 287 g/mol. The molecule has 1 heterocycles. The van der Waals surface area contributed by atoms with Crippen LogP contribution in [0.3, 0.4) is 0 Å². The minimum absolute atomic E-state index is 0.0990. The molecule has 0 saturated heterocycles. The Hall–Kier alpha value is -3.02. The number of hydrogen-bond donors (Lipinski definition) is 3. The van der Waals surface area contributed by atoms with Crippen LogP contribution in [0.1, 0.15) is 11.1 Å².